The maximum Gasteiger partial charge on any atom is 0.313 e. The van der Waals surface area contributed by atoms with Crippen molar-refractivity contribution in [3.8, 4) is 0 Å². The van der Waals surface area contributed by atoms with Crippen LogP contribution in [0.15, 0.2) is 48.5 Å². The number of aromatic nitrogens is 1. The van der Waals surface area contributed by atoms with Crippen LogP contribution < -0.4 is 15.5 Å². The second kappa shape index (κ2) is 10.0. The number of para-hydroxylation sites is 1. The van der Waals surface area contributed by atoms with Crippen LogP contribution in [0.1, 0.15) is 42.1 Å². The van der Waals surface area contributed by atoms with Crippen LogP contribution in [0.3, 0.4) is 0 Å². The van der Waals surface area contributed by atoms with Gasteiger partial charge in [0.25, 0.3) is 0 Å². The van der Waals surface area contributed by atoms with Gasteiger partial charge in [0, 0.05) is 36.9 Å². The number of nitrogens with zero attached hydrogens (tertiary/aromatic N) is 3. The number of hydrogen-bond acceptors (Lipinski definition) is 5. The van der Waals surface area contributed by atoms with E-state index in [1.54, 1.807) is 6.07 Å². The Labute approximate surface area is 206 Å². The van der Waals surface area contributed by atoms with Gasteiger partial charge in [-0.15, -0.1) is 0 Å². The van der Waals surface area contributed by atoms with Crippen LogP contribution in [-0.4, -0.2) is 54.9 Å². The summed E-state index contributed by atoms with van der Waals surface area (Å²) in [6, 6.07) is 16.1. The van der Waals surface area contributed by atoms with E-state index in [9.17, 15) is 9.59 Å². The third-order valence-corrected chi connectivity index (χ3v) is 7.18. The lowest BCUT2D eigenvalue weighted by molar-refractivity contribution is -0.136. The molecule has 5 rings (SSSR count). The van der Waals surface area contributed by atoms with Crippen molar-refractivity contribution in [3.05, 3.63) is 65.4 Å². The summed E-state index contributed by atoms with van der Waals surface area (Å²) in [7, 11) is 2.14. The molecule has 2 aliphatic heterocycles. The molecular formula is C28H33N5O2. The van der Waals surface area contributed by atoms with E-state index in [0.29, 0.717) is 12.2 Å². The quantitative estimate of drug-likeness (QED) is 0.554. The molecule has 7 nitrogen and oxygen atoms in total. The largest absolute Gasteiger partial charge is 0.374 e. The third-order valence-electron chi connectivity index (χ3n) is 7.18. The summed E-state index contributed by atoms with van der Waals surface area (Å²) < 4.78 is 0. The molecule has 0 unspecified atom stereocenters. The SMILES string of the molecule is Cc1cc(NC(=O)C(=O)NC[C@H](c2ccc3c(c2)CCCN3C)N2CCCC2)c2ccccc2n1. The molecule has 0 radical (unpaired) electrons. The number of amides is 2. The fourth-order valence-electron chi connectivity index (χ4n) is 5.38. The number of fused-ring (bicyclic) bond motifs is 2. The van der Waals surface area contributed by atoms with Crippen LogP contribution in [-0.2, 0) is 16.0 Å². The number of nitrogens with one attached hydrogen (secondary N) is 2. The fraction of sp³-hybridized carbons (Fsp3) is 0.393. The van der Waals surface area contributed by atoms with E-state index in [0.717, 1.165) is 61.9 Å². The Morgan fingerprint density at radius 1 is 1.00 bits per heavy atom. The predicted octanol–water partition coefficient (Wildman–Crippen LogP) is 3.82. The molecule has 0 bridgehead atoms. The zero-order chi connectivity index (χ0) is 24.4. The number of rotatable bonds is 5. The van der Waals surface area contributed by atoms with Gasteiger partial charge in [0.2, 0.25) is 0 Å². The first kappa shape index (κ1) is 23.3. The molecule has 182 valence electrons. The summed E-state index contributed by atoms with van der Waals surface area (Å²) in [6.07, 6.45) is 4.55. The Bertz CT molecular complexity index is 1250. The Kier molecular flexibility index (Phi) is 6.68. The van der Waals surface area contributed by atoms with E-state index in [4.69, 9.17) is 0 Å². The van der Waals surface area contributed by atoms with E-state index < -0.39 is 11.8 Å². The number of aryl methyl sites for hydroxylation is 2. The summed E-state index contributed by atoms with van der Waals surface area (Å²) in [5, 5.41) is 6.52. The van der Waals surface area contributed by atoms with Crippen molar-refractivity contribution >= 4 is 34.1 Å². The highest BCUT2D eigenvalue weighted by Gasteiger charge is 2.26. The van der Waals surface area contributed by atoms with Crippen molar-refractivity contribution < 1.29 is 9.59 Å². The predicted molar refractivity (Wildman–Crippen MR) is 140 cm³/mol. The van der Waals surface area contributed by atoms with Gasteiger partial charge in [0.15, 0.2) is 0 Å². The van der Waals surface area contributed by atoms with Crippen LogP contribution in [0.5, 0.6) is 0 Å². The molecule has 0 aliphatic carbocycles. The first-order chi connectivity index (χ1) is 17.0. The highest BCUT2D eigenvalue weighted by molar-refractivity contribution is 6.40. The van der Waals surface area contributed by atoms with Gasteiger partial charge < -0.3 is 15.5 Å². The van der Waals surface area contributed by atoms with Crippen molar-refractivity contribution in [2.75, 3.05) is 43.4 Å². The lowest BCUT2D eigenvalue weighted by atomic mass is 9.96. The molecule has 35 heavy (non-hydrogen) atoms. The first-order valence-electron chi connectivity index (χ1n) is 12.5. The van der Waals surface area contributed by atoms with E-state index in [1.165, 1.54) is 16.8 Å². The lowest BCUT2D eigenvalue weighted by Gasteiger charge is -2.31. The number of anilines is 2. The highest BCUT2D eigenvalue weighted by atomic mass is 16.2. The van der Waals surface area contributed by atoms with Gasteiger partial charge >= 0.3 is 11.8 Å². The number of hydrogen-bond donors (Lipinski definition) is 2. The first-order valence-corrected chi connectivity index (χ1v) is 12.5. The molecule has 2 aromatic carbocycles. The van der Waals surface area contributed by atoms with Gasteiger partial charge in [-0.3, -0.25) is 19.5 Å². The average Bonchev–Trinajstić information content (AvgIpc) is 3.38. The number of carbonyl (C=O) groups is 2. The Hall–Kier alpha value is -3.45. The third kappa shape index (κ3) is 5.00. The van der Waals surface area contributed by atoms with Crippen LogP contribution in [0.4, 0.5) is 11.4 Å². The summed E-state index contributed by atoms with van der Waals surface area (Å²) in [4.78, 5) is 34.9. The second-order valence-corrected chi connectivity index (χ2v) is 9.66. The zero-order valence-electron chi connectivity index (χ0n) is 20.5. The summed E-state index contributed by atoms with van der Waals surface area (Å²) in [6.45, 7) is 5.37. The van der Waals surface area contributed by atoms with Gasteiger partial charge in [-0.2, -0.15) is 0 Å². The second-order valence-electron chi connectivity index (χ2n) is 9.66. The molecule has 1 saturated heterocycles. The molecule has 1 aromatic heterocycles. The summed E-state index contributed by atoms with van der Waals surface area (Å²) >= 11 is 0. The molecule has 3 heterocycles. The molecule has 2 N–H and O–H groups in total. The van der Waals surface area contributed by atoms with E-state index in [1.807, 2.05) is 31.2 Å². The molecule has 0 spiro atoms. The molecule has 1 atom stereocenters. The zero-order valence-corrected chi connectivity index (χ0v) is 20.5. The Morgan fingerprint density at radius 2 is 1.80 bits per heavy atom. The van der Waals surface area contributed by atoms with Crippen LogP contribution in [0.25, 0.3) is 10.9 Å². The summed E-state index contributed by atoms with van der Waals surface area (Å²) in [5.41, 5.74) is 6.04. The molecule has 7 heteroatoms. The molecular weight excluding hydrogens is 438 g/mol. The minimum absolute atomic E-state index is 0.0517. The molecule has 1 fully saturated rings. The number of carbonyl (C=O) groups excluding carboxylic acids is 2. The van der Waals surface area contributed by atoms with Crippen LogP contribution >= 0.6 is 0 Å². The van der Waals surface area contributed by atoms with Crippen LogP contribution in [0, 0.1) is 6.92 Å². The topological polar surface area (TPSA) is 77.6 Å². The van der Waals surface area contributed by atoms with E-state index >= 15 is 0 Å². The van der Waals surface area contributed by atoms with Gasteiger partial charge in [-0.05, 0) is 75.0 Å². The number of pyridine rings is 1. The van der Waals surface area contributed by atoms with Gasteiger partial charge in [0.05, 0.1) is 17.2 Å². The van der Waals surface area contributed by atoms with Gasteiger partial charge in [-0.25, -0.2) is 0 Å². The summed E-state index contributed by atoms with van der Waals surface area (Å²) in [5.74, 6) is -1.28. The maximum atomic E-state index is 12.8. The Morgan fingerprint density at radius 3 is 2.63 bits per heavy atom. The molecule has 0 saturated carbocycles. The Balaban J connectivity index is 1.31. The van der Waals surface area contributed by atoms with Crippen molar-refractivity contribution in [2.45, 2.75) is 38.6 Å². The van der Waals surface area contributed by atoms with Crippen molar-refractivity contribution in [1.82, 2.24) is 15.2 Å². The van der Waals surface area contributed by atoms with Gasteiger partial charge in [0.1, 0.15) is 0 Å². The standard InChI is InChI=1S/C28H33N5O2/c1-19-16-24(22-9-3-4-10-23(22)30-19)31-28(35)27(34)29-18-26(33-14-5-6-15-33)21-11-12-25-20(17-21)8-7-13-32(25)2/h3-4,9-12,16-17,26H,5-8,13-15,18H2,1-2H3,(H,29,34)(H,30,31,35)/t26-/m1/s1. The van der Waals surface area contributed by atoms with Crippen molar-refractivity contribution in [1.29, 1.82) is 0 Å². The maximum absolute atomic E-state index is 12.8. The van der Waals surface area contributed by atoms with Crippen molar-refractivity contribution in [2.24, 2.45) is 0 Å². The number of benzene rings is 2. The molecule has 2 aliphatic rings. The minimum Gasteiger partial charge on any atom is -0.374 e. The van der Waals surface area contributed by atoms with Crippen LogP contribution in [0.2, 0.25) is 0 Å². The fourth-order valence-corrected chi connectivity index (χ4v) is 5.38. The highest BCUT2D eigenvalue weighted by Crippen LogP contribution is 2.32. The normalized spacial score (nSPS) is 16.7. The van der Waals surface area contributed by atoms with E-state index in [2.05, 4.69) is 50.7 Å². The average molecular weight is 472 g/mol. The lowest BCUT2D eigenvalue weighted by Crippen LogP contribution is -2.41. The molecule has 3 aromatic rings. The van der Waals surface area contributed by atoms with Gasteiger partial charge in [-0.1, -0.05) is 30.3 Å². The minimum atomic E-state index is -0.659. The van der Waals surface area contributed by atoms with E-state index in [-0.39, 0.29) is 6.04 Å². The monoisotopic (exact) mass is 471 g/mol. The number of likely N-dealkylation sites (tertiary alicyclic amines) is 1. The smallest absolute Gasteiger partial charge is 0.313 e. The molecule has 2 amide bonds. The van der Waals surface area contributed by atoms with Crippen molar-refractivity contribution in [3.63, 3.8) is 0 Å².